The zero-order valence-corrected chi connectivity index (χ0v) is 17.7. The normalized spacial score (nSPS) is 11.2. The van der Waals surface area contributed by atoms with E-state index >= 15 is 0 Å². The highest BCUT2D eigenvalue weighted by Gasteiger charge is 2.27. The molecule has 1 heterocycles. The van der Waals surface area contributed by atoms with Crippen LogP contribution in [0.3, 0.4) is 0 Å². The fraction of sp³-hybridized carbons (Fsp3) is 0.182. The van der Waals surface area contributed by atoms with Crippen molar-refractivity contribution >= 4 is 27.3 Å². The van der Waals surface area contributed by atoms with Crippen LogP contribution in [-0.4, -0.2) is 25.9 Å². The van der Waals surface area contributed by atoms with Crippen LogP contribution in [0.2, 0.25) is 0 Å². The van der Waals surface area contributed by atoms with Gasteiger partial charge in [-0.3, -0.25) is 14.1 Å². The molecular weight excluding hydrogens is 405 g/mol. The van der Waals surface area contributed by atoms with Crippen LogP contribution in [0.15, 0.2) is 65.8 Å². The first-order valence-corrected chi connectivity index (χ1v) is 10.7. The molecule has 0 spiro atoms. The second-order valence-corrected chi connectivity index (χ2v) is 8.86. The number of amides is 1. The van der Waals surface area contributed by atoms with Crippen LogP contribution in [0.25, 0.3) is 0 Å². The second kappa shape index (κ2) is 8.62. The Morgan fingerprint density at radius 2 is 1.70 bits per heavy atom. The number of nitrogens with zero attached hydrogens (tertiary/aromatic N) is 2. The third-order valence-corrected chi connectivity index (χ3v) is 6.32. The molecule has 6 nitrogen and oxygen atoms in total. The Balaban J connectivity index is 1.95. The number of anilines is 2. The van der Waals surface area contributed by atoms with Crippen molar-refractivity contribution in [1.82, 2.24) is 4.98 Å². The van der Waals surface area contributed by atoms with E-state index in [4.69, 9.17) is 0 Å². The van der Waals surface area contributed by atoms with E-state index in [9.17, 15) is 17.6 Å². The Hall–Kier alpha value is -3.26. The molecule has 1 amide bonds. The molecule has 156 valence electrons. The van der Waals surface area contributed by atoms with E-state index in [2.05, 4.69) is 10.3 Å². The zero-order chi connectivity index (χ0) is 21.9. The SMILES string of the molecule is Cc1cc(C)c(NC(=O)CN(c2ccc(F)cc2)S(=O)(=O)c2cccnc2)c(C)c1. The number of carbonyl (C=O) groups excluding carboxylic acids is 1. The number of pyridine rings is 1. The summed E-state index contributed by atoms with van der Waals surface area (Å²) in [6.07, 6.45) is 2.66. The topological polar surface area (TPSA) is 79.4 Å². The molecule has 0 aliphatic carbocycles. The standard InChI is InChI=1S/C22H22FN3O3S/c1-15-11-16(2)22(17(3)12-15)25-21(27)14-26(19-8-6-18(23)7-9-19)30(28,29)20-5-4-10-24-13-20/h4-13H,14H2,1-3H3,(H,25,27). The number of aryl methyl sites for hydroxylation is 3. The highest BCUT2D eigenvalue weighted by molar-refractivity contribution is 7.92. The number of halogens is 1. The van der Waals surface area contributed by atoms with Gasteiger partial charge in [-0.2, -0.15) is 0 Å². The molecule has 0 saturated heterocycles. The number of benzene rings is 2. The lowest BCUT2D eigenvalue weighted by Crippen LogP contribution is -2.38. The first-order valence-electron chi connectivity index (χ1n) is 9.24. The van der Waals surface area contributed by atoms with Crippen molar-refractivity contribution < 1.29 is 17.6 Å². The third kappa shape index (κ3) is 4.65. The van der Waals surface area contributed by atoms with Crippen LogP contribution >= 0.6 is 0 Å². The van der Waals surface area contributed by atoms with Gasteiger partial charge in [0.2, 0.25) is 5.91 Å². The summed E-state index contributed by atoms with van der Waals surface area (Å²) in [5, 5.41) is 2.81. The quantitative estimate of drug-likeness (QED) is 0.645. The number of hydrogen-bond donors (Lipinski definition) is 1. The summed E-state index contributed by atoms with van der Waals surface area (Å²) < 4.78 is 40.7. The van der Waals surface area contributed by atoms with Gasteiger partial charge in [-0.15, -0.1) is 0 Å². The molecule has 0 aliphatic heterocycles. The van der Waals surface area contributed by atoms with E-state index in [1.807, 2.05) is 32.9 Å². The van der Waals surface area contributed by atoms with Crippen LogP contribution in [0.5, 0.6) is 0 Å². The molecule has 0 atom stereocenters. The maximum absolute atomic E-state index is 13.4. The average Bonchev–Trinajstić information content (AvgIpc) is 2.70. The van der Waals surface area contributed by atoms with E-state index in [0.29, 0.717) is 5.69 Å². The highest BCUT2D eigenvalue weighted by Crippen LogP contribution is 2.25. The summed E-state index contributed by atoms with van der Waals surface area (Å²) in [5.74, 6) is -1.02. The van der Waals surface area contributed by atoms with Gasteiger partial charge < -0.3 is 5.32 Å². The molecule has 2 aromatic carbocycles. The first kappa shape index (κ1) is 21.4. The predicted octanol–water partition coefficient (Wildman–Crippen LogP) is 3.98. The van der Waals surface area contributed by atoms with Crippen LogP contribution in [0, 0.1) is 26.6 Å². The Bertz CT molecular complexity index is 1140. The molecule has 0 unspecified atom stereocenters. The monoisotopic (exact) mass is 427 g/mol. The molecule has 0 aliphatic rings. The summed E-state index contributed by atoms with van der Waals surface area (Å²) in [4.78, 5) is 16.6. The number of rotatable bonds is 6. The third-order valence-electron chi connectivity index (χ3n) is 4.57. The molecular formula is C22H22FN3O3S. The second-order valence-electron chi connectivity index (χ2n) is 7.00. The van der Waals surface area contributed by atoms with Crippen molar-refractivity contribution in [3.05, 3.63) is 83.4 Å². The molecule has 1 aromatic heterocycles. The fourth-order valence-electron chi connectivity index (χ4n) is 3.24. The van der Waals surface area contributed by atoms with E-state index < -0.39 is 28.3 Å². The number of sulfonamides is 1. The molecule has 3 aromatic rings. The molecule has 0 radical (unpaired) electrons. The van der Waals surface area contributed by atoms with Crippen molar-refractivity contribution in [1.29, 1.82) is 0 Å². The number of carbonyl (C=O) groups is 1. The predicted molar refractivity (Wildman–Crippen MR) is 114 cm³/mol. The van der Waals surface area contributed by atoms with Gasteiger partial charge >= 0.3 is 0 Å². The van der Waals surface area contributed by atoms with Gasteiger partial charge in [-0.1, -0.05) is 17.7 Å². The van der Waals surface area contributed by atoms with Crippen molar-refractivity contribution in [2.45, 2.75) is 25.7 Å². The van der Waals surface area contributed by atoms with E-state index in [0.717, 1.165) is 33.1 Å². The fourth-order valence-corrected chi connectivity index (χ4v) is 4.62. The Kier molecular flexibility index (Phi) is 6.17. The van der Waals surface area contributed by atoms with E-state index in [1.54, 1.807) is 0 Å². The largest absolute Gasteiger partial charge is 0.324 e. The lowest BCUT2D eigenvalue weighted by atomic mass is 10.1. The van der Waals surface area contributed by atoms with Crippen molar-refractivity contribution in [2.75, 3.05) is 16.2 Å². The minimum Gasteiger partial charge on any atom is -0.324 e. The van der Waals surface area contributed by atoms with Crippen LogP contribution in [0.1, 0.15) is 16.7 Å². The molecule has 8 heteroatoms. The number of hydrogen-bond acceptors (Lipinski definition) is 4. The summed E-state index contributed by atoms with van der Waals surface area (Å²) in [6.45, 7) is 5.23. The summed E-state index contributed by atoms with van der Waals surface area (Å²) in [5.41, 5.74) is 3.64. The number of nitrogens with one attached hydrogen (secondary N) is 1. The molecule has 0 fully saturated rings. The van der Waals surface area contributed by atoms with Gasteiger partial charge in [-0.05, 0) is 68.3 Å². The Morgan fingerprint density at radius 3 is 2.27 bits per heavy atom. The minimum atomic E-state index is -4.09. The van der Waals surface area contributed by atoms with Crippen LogP contribution < -0.4 is 9.62 Å². The lowest BCUT2D eigenvalue weighted by Gasteiger charge is -2.24. The first-order chi connectivity index (χ1) is 14.2. The summed E-state index contributed by atoms with van der Waals surface area (Å²) in [6, 6.07) is 11.7. The number of aromatic nitrogens is 1. The Morgan fingerprint density at radius 1 is 1.07 bits per heavy atom. The molecule has 0 bridgehead atoms. The molecule has 30 heavy (non-hydrogen) atoms. The van der Waals surface area contributed by atoms with Gasteiger partial charge in [0, 0.05) is 18.1 Å². The molecule has 0 saturated carbocycles. The highest BCUT2D eigenvalue weighted by atomic mass is 32.2. The lowest BCUT2D eigenvalue weighted by molar-refractivity contribution is -0.114. The van der Waals surface area contributed by atoms with Gasteiger partial charge in [0.05, 0.1) is 5.69 Å². The van der Waals surface area contributed by atoms with Crippen molar-refractivity contribution in [3.8, 4) is 0 Å². The van der Waals surface area contributed by atoms with Crippen LogP contribution in [-0.2, 0) is 14.8 Å². The van der Waals surface area contributed by atoms with Crippen molar-refractivity contribution in [3.63, 3.8) is 0 Å². The van der Waals surface area contributed by atoms with Gasteiger partial charge in [-0.25, -0.2) is 12.8 Å². The molecule has 1 N–H and O–H groups in total. The van der Waals surface area contributed by atoms with Gasteiger partial charge in [0.25, 0.3) is 10.0 Å². The minimum absolute atomic E-state index is 0.0650. The Labute approximate surface area is 175 Å². The summed E-state index contributed by atoms with van der Waals surface area (Å²) >= 11 is 0. The van der Waals surface area contributed by atoms with Gasteiger partial charge in [0.15, 0.2) is 0 Å². The van der Waals surface area contributed by atoms with Crippen molar-refractivity contribution in [2.24, 2.45) is 0 Å². The average molecular weight is 428 g/mol. The maximum Gasteiger partial charge on any atom is 0.266 e. The maximum atomic E-state index is 13.4. The smallest absolute Gasteiger partial charge is 0.266 e. The molecule has 3 rings (SSSR count). The van der Waals surface area contributed by atoms with E-state index in [1.165, 1.54) is 36.7 Å². The van der Waals surface area contributed by atoms with Gasteiger partial charge in [0.1, 0.15) is 17.3 Å². The zero-order valence-electron chi connectivity index (χ0n) is 16.9. The van der Waals surface area contributed by atoms with Crippen LogP contribution in [0.4, 0.5) is 15.8 Å². The van der Waals surface area contributed by atoms with E-state index in [-0.39, 0.29) is 10.6 Å². The summed E-state index contributed by atoms with van der Waals surface area (Å²) in [7, 11) is -4.09.